The normalized spacial score (nSPS) is 18.7. The molecule has 4 heterocycles. The Morgan fingerprint density at radius 2 is 2.00 bits per heavy atom. The van der Waals surface area contributed by atoms with Crippen LogP contribution in [-0.4, -0.2) is 40.1 Å². The molecule has 1 aliphatic heterocycles. The molecule has 1 aliphatic rings. The highest BCUT2D eigenvalue weighted by Gasteiger charge is 2.36. The van der Waals surface area contributed by atoms with E-state index in [1.165, 1.54) is 0 Å². The number of likely N-dealkylation sites (tertiary alicyclic amines) is 1. The average molecular weight is 419 g/mol. The molecule has 1 amide bonds. The third-order valence-corrected chi connectivity index (χ3v) is 5.76. The molecule has 0 aromatic carbocycles. The monoisotopic (exact) mass is 418 g/mol. The number of aryl methyl sites for hydroxylation is 3. The fourth-order valence-corrected chi connectivity index (χ4v) is 4.00. The third kappa shape index (κ3) is 3.65. The second-order valence-corrected chi connectivity index (χ2v) is 8.44. The van der Waals surface area contributed by atoms with E-state index in [4.69, 9.17) is 14.7 Å². The molecule has 0 saturated carbocycles. The standard InChI is InChI=1S/C21H26N4O3.ClH/c1-11-8-14(13(3)27-11)16-9-15(18-12(2)24-28-19(18)23-16)20(26)25-7-6-17(22)21(4,5)10-25;/h8-9,17H,6-7,10,22H2,1-5H3;1H. The van der Waals surface area contributed by atoms with Gasteiger partial charge in [-0.15, -0.1) is 12.4 Å². The van der Waals surface area contributed by atoms with Gasteiger partial charge in [0, 0.05) is 24.7 Å². The van der Waals surface area contributed by atoms with Crippen LogP contribution in [0.2, 0.25) is 0 Å². The molecule has 4 rings (SSSR count). The lowest BCUT2D eigenvalue weighted by Gasteiger charge is -2.42. The van der Waals surface area contributed by atoms with E-state index in [9.17, 15) is 4.79 Å². The van der Waals surface area contributed by atoms with Crippen LogP contribution in [0.25, 0.3) is 22.4 Å². The van der Waals surface area contributed by atoms with E-state index in [2.05, 4.69) is 24.0 Å². The summed E-state index contributed by atoms with van der Waals surface area (Å²) in [6.45, 7) is 11.1. The highest BCUT2D eigenvalue weighted by atomic mass is 35.5. The van der Waals surface area contributed by atoms with E-state index in [0.29, 0.717) is 41.1 Å². The van der Waals surface area contributed by atoms with E-state index in [1.54, 1.807) is 0 Å². The molecular formula is C21H27ClN4O3. The molecule has 3 aromatic heterocycles. The lowest BCUT2D eigenvalue weighted by atomic mass is 9.79. The van der Waals surface area contributed by atoms with Crippen LogP contribution in [0, 0.1) is 26.2 Å². The Kier molecular flexibility index (Phi) is 5.49. The van der Waals surface area contributed by atoms with Crippen molar-refractivity contribution in [3.8, 4) is 11.3 Å². The Morgan fingerprint density at radius 1 is 1.28 bits per heavy atom. The van der Waals surface area contributed by atoms with E-state index >= 15 is 0 Å². The number of halogens is 1. The molecule has 3 aromatic rings. The Hall–Kier alpha value is -2.38. The second kappa shape index (κ2) is 7.46. The molecule has 0 aliphatic carbocycles. The summed E-state index contributed by atoms with van der Waals surface area (Å²) in [6.07, 6.45) is 0.780. The Balaban J connectivity index is 0.00000240. The Bertz CT molecular complexity index is 1070. The molecule has 2 N–H and O–H groups in total. The molecule has 1 unspecified atom stereocenters. The highest BCUT2D eigenvalue weighted by Crippen LogP contribution is 2.33. The number of hydrogen-bond donors (Lipinski definition) is 1. The van der Waals surface area contributed by atoms with Gasteiger partial charge < -0.3 is 19.6 Å². The molecule has 156 valence electrons. The van der Waals surface area contributed by atoms with Crippen LogP contribution in [0.5, 0.6) is 0 Å². The summed E-state index contributed by atoms with van der Waals surface area (Å²) in [5.74, 6) is 1.50. The van der Waals surface area contributed by atoms with Crippen molar-refractivity contribution in [3.63, 3.8) is 0 Å². The van der Waals surface area contributed by atoms with Gasteiger partial charge in [-0.2, -0.15) is 0 Å². The molecule has 8 heteroatoms. The van der Waals surface area contributed by atoms with Crippen LogP contribution in [0.15, 0.2) is 21.1 Å². The smallest absolute Gasteiger partial charge is 0.259 e. The maximum atomic E-state index is 13.5. The number of nitrogens with two attached hydrogens (primary N) is 1. The van der Waals surface area contributed by atoms with Gasteiger partial charge >= 0.3 is 0 Å². The van der Waals surface area contributed by atoms with Gasteiger partial charge in [0.05, 0.1) is 22.3 Å². The number of carbonyl (C=O) groups is 1. The Morgan fingerprint density at radius 3 is 2.62 bits per heavy atom. The summed E-state index contributed by atoms with van der Waals surface area (Å²) >= 11 is 0. The minimum absolute atomic E-state index is 0. The first-order valence-electron chi connectivity index (χ1n) is 9.56. The quantitative estimate of drug-likeness (QED) is 0.674. The van der Waals surface area contributed by atoms with Crippen LogP contribution < -0.4 is 5.73 Å². The summed E-state index contributed by atoms with van der Waals surface area (Å²) in [5.41, 5.74) is 9.19. The topological polar surface area (TPSA) is 98.4 Å². The van der Waals surface area contributed by atoms with Crippen LogP contribution in [0.3, 0.4) is 0 Å². The summed E-state index contributed by atoms with van der Waals surface area (Å²) in [4.78, 5) is 20.0. The number of carbonyl (C=O) groups excluding carboxylic acids is 1. The number of furan rings is 1. The molecule has 29 heavy (non-hydrogen) atoms. The van der Waals surface area contributed by atoms with Crippen LogP contribution >= 0.6 is 12.4 Å². The molecule has 0 bridgehead atoms. The fraction of sp³-hybridized carbons (Fsp3) is 0.476. The number of hydrogen-bond acceptors (Lipinski definition) is 6. The van der Waals surface area contributed by atoms with Crippen molar-refractivity contribution >= 4 is 29.4 Å². The number of pyridine rings is 1. The van der Waals surface area contributed by atoms with Gasteiger partial charge in [-0.25, -0.2) is 4.98 Å². The van der Waals surface area contributed by atoms with Crippen LogP contribution in [0.1, 0.15) is 47.8 Å². The summed E-state index contributed by atoms with van der Waals surface area (Å²) in [5, 5.41) is 4.70. The van der Waals surface area contributed by atoms with Crippen molar-refractivity contribution in [2.24, 2.45) is 11.1 Å². The van der Waals surface area contributed by atoms with Crippen molar-refractivity contribution in [3.05, 3.63) is 34.9 Å². The summed E-state index contributed by atoms with van der Waals surface area (Å²) < 4.78 is 11.1. The number of piperidine rings is 1. The van der Waals surface area contributed by atoms with E-state index in [-0.39, 0.29) is 29.8 Å². The summed E-state index contributed by atoms with van der Waals surface area (Å²) in [6, 6.07) is 3.83. The van der Waals surface area contributed by atoms with Gasteiger partial charge in [0.15, 0.2) is 0 Å². The zero-order chi connectivity index (χ0) is 20.2. The van der Waals surface area contributed by atoms with Crippen molar-refractivity contribution in [1.82, 2.24) is 15.0 Å². The van der Waals surface area contributed by atoms with Gasteiger partial charge in [-0.1, -0.05) is 19.0 Å². The number of fused-ring (bicyclic) bond motifs is 1. The molecule has 1 saturated heterocycles. The lowest BCUT2D eigenvalue weighted by molar-refractivity contribution is 0.0535. The molecule has 0 radical (unpaired) electrons. The maximum Gasteiger partial charge on any atom is 0.259 e. The average Bonchev–Trinajstić information content (AvgIpc) is 3.17. The molecule has 1 fully saturated rings. The fourth-order valence-electron chi connectivity index (χ4n) is 4.00. The minimum Gasteiger partial charge on any atom is -0.466 e. The van der Waals surface area contributed by atoms with Crippen molar-refractivity contribution in [2.75, 3.05) is 13.1 Å². The second-order valence-electron chi connectivity index (χ2n) is 8.44. The lowest BCUT2D eigenvalue weighted by Crippen LogP contribution is -2.54. The zero-order valence-corrected chi connectivity index (χ0v) is 18.2. The third-order valence-electron chi connectivity index (χ3n) is 5.76. The first-order valence-corrected chi connectivity index (χ1v) is 9.56. The van der Waals surface area contributed by atoms with E-state index in [0.717, 1.165) is 23.5 Å². The van der Waals surface area contributed by atoms with Crippen LogP contribution in [-0.2, 0) is 0 Å². The van der Waals surface area contributed by atoms with Crippen molar-refractivity contribution < 1.29 is 13.7 Å². The molecular weight excluding hydrogens is 392 g/mol. The number of amides is 1. The zero-order valence-electron chi connectivity index (χ0n) is 17.4. The van der Waals surface area contributed by atoms with Gasteiger partial charge in [0.2, 0.25) is 0 Å². The largest absolute Gasteiger partial charge is 0.466 e. The first kappa shape index (κ1) is 21.3. The van der Waals surface area contributed by atoms with Gasteiger partial charge in [0.25, 0.3) is 11.6 Å². The number of aromatic nitrogens is 2. The number of rotatable bonds is 2. The number of nitrogens with zero attached hydrogens (tertiary/aromatic N) is 3. The predicted octanol–water partition coefficient (Wildman–Crippen LogP) is 4.03. The van der Waals surface area contributed by atoms with Gasteiger partial charge in [-0.05, 0) is 44.7 Å². The van der Waals surface area contributed by atoms with Gasteiger partial charge in [-0.3, -0.25) is 4.79 Å². The Labute approximate surface area is 176 Å². The van der Waals surface area contributed by atoms with Crippen molar-refractivity contribution in [2.45, 2.75) is 47.1 Å². The SMILES string of the molecule is Cc1cc(-c2cc(C(=O)N3CCC(N)C(C)(C)C3)c3c(C)noc3n2)c(C)o1.Cl. The molecule has 1 atom stereocenters. The summed E-state index contributed by atoms with van der Waals surface area (Å²) in [7, 11) is 0. The maximum absolute atomic E-state index is 13.5. The van der Waals surface area contributed by atoms with Gasteiger partial charge in [0.1, 0.15) is 11.5 Å². The minimum atomic E-state index is -0.134. The highest BCUT2D eigenvalue weighted by molar-refractivity contribution is 6.07. The van der Waals surface area contributed by atoms with Crippen molar-refractivity contribution in [1.29, 1.82) is 0 Å². The predicted molar refractivity (Wildman–Crippen MR) is 113 cm³/mol. The van der Waals surface area contributed by atoms with E-state index in [1.807, 2.05) is 37.8 Å². The van der Waals surface area contributed by atoms with E-state index < -0.39 is 0 Å². The van der Waals surface area contributed by atoms with Crippen LogP contribution in [0.4, 0.5) is 0 Å². The molecule has 7 nitrogen and oxygen atoms in total. The molecule has 0 spiro atoms. The first-order chi connectivity index (χ1) is 13.2.